The standard InChI is InChI=1S/C17H19N7O/c1-22-9-13(17(21-22)25-2)15-16-14(10-23(18)11-19-16)24(20-15)8-12-6-4-3-5-7-12/h3-7,9-11,20H,8,18H2,1-2H3. The number of methoxy groups -OCH3 is 1. The van der Waals surface area contributed by atoms with Gasteiger partial charge in [0.15, 0.2) is 0 Å². The van der Waals surface area contributed by atoms with Crippen LogP contribution in [0.1, 0.15) is 11.1 Å². The summed E-state index contributed by atoms with van der Waals surface area (Å²) in [6.45, 7) is 0.672. The number of nitrogens with two attached hydrogens (primary N) is 1. The quantitative estimate of drug-likeness (QED) is 0.815. The number of hydrogen-bond acceptors (Lipinski definition) is 7. The van der Waals surface area contributed by atoms with Gasteiger partial charge in [-0.15, -0.1) is 5.10 Å². The minimum absolute atomic E-state index is 0.545. The number of hydrazine groups is 2. The molecule has 0 amide bonds. The topological polar surface area (TPSA) is 83.9 Å². The highest BCUT2D eigenvalue weighted by molar-refractivity contribution is 5.79. The summed E-state index contributed by atoms with van der Waals surface area (Å²) in [5, 5.41) is 7.79. The van der Waals surface area contributed by atoms with Crippen LogP contribution in [-0.4, -0.2) is 33.2 Å². The van der Waals surface area contributed by atoms with Gasteiger partial charge < -0.3 is 4.74 Å². The first kappa shape index (κ1) is 15.3. The predicted molar refractivity (Wildman–Crippen MR) is 94.4 cm³/mol. The zero-order valence-electron chi connectivity index (χ0n) is 14.0. The van der Waals surface area contributed by atoms with Crippen molar-refractivity contribution >= 4 is 12.0 Å². The molecule has 0 saturated heterocycles. The molecule has 4 rings (SSSR count). The summed E-state index contributed by atoms with van der Waals surface area (Å²) in [6.07, 6.45) is 5.33. The fraction of sp³-hybridized carbons (Fsp3) is 0.176. The molecule has 0 aliphatic carbocycles. The van der Waals surface area contributed by atoms with Gasteiger partial charge in [-0.1, -0.05) is 30.3 Å². The molecule has 1 aromatic heterocycles. The van der Waals surface area contributed by atoms with Crippen LogP contribution >= 0.6 is 0 Å². The number of hydrogen-bond donors (Lipinski definition) is 2. The largest absolute Gasteiger partial charge is 0.479 e. The fourth-order valence-electron chi connectivity index (χ4n) is 2.93. The number of nitrogens with zero attached hydrogens (tertiary/aromatic N) is 5. The molecule has 0 atom stereocenters. The monoisotopic (exact) mass is 337 g/mol. The molecular formula is C17H19N7O. The van der Waals surface area contributed by atoms with Gasteiger partial charge in [0, 0.05) is 19.4 Å². The van der Waals surface area contributed by atoms with Crippen LogP contribution in [0.4, 0.5) is 0 Å². The number of fused-ring (bicyclic) bond motifs is 1. The Balaban J connectivity index is 1.73. The van der Waals surface area contributed by atoms with Crippen LogP contribution in [-0.2, 0) is 13.6 Å². The van der Waals surface area contributed by atoms with Crippen molar-refractivity contribution in [3.05, 3.63) is 65.2 Å². The fourth-order valence-corrected chi connectivity index (χ4v) is 2.93. The molecule has 1 aromatic carbocycles. The Morgan fingerprint density at radius 1 is 1.24 bits per heavy atom. The first-order chi connectivity index (χ1) is 12.2. The van der Waals surface area contributed by atoms with Gasteiger partial charge in [-0.05, 0) is 5.56 Å². The molecule has 0 bridgehead atoms. The van der Waals surface area contributed by atoms with E-state index in [1.807, 2.05) is 42.7 Å². The maximum Gasteiger partial charge on any atom is 0.242 e. The van der Waals surface area contributed by atoms with E-state index >= 15 is 0 Å². The van der Waals surface area contributed by atoms with E-state index in [4.69, 9.17) is 10.6 Å². The van der Waals surface area contributed by atoms with Crippen molar-refractivity contribution in [2.75, 3.05) is 7.11 Å². The normalized spacial score (nSPS) is 16.0. The smallest absolute Gasteiger partial charge is 0.242 e. The van der Waals surface area contributed by atoms with E-state index in [2.05, 4.69) is 27.6 Å². The number of benzene rings is 1. The van der Waals surface area contributed by atoms with Gasteiger partial charge in [0.25, 0.3) is 0 Å². The Morgan fingerprint density at radius 2 is 2.04 bits per heavy atom. The summed E-state index contributed by atoms with van der Waals surface area (Å²) in [7, 11) is 3.46. The average Bonchev–Trinajstić information content (AvgIpc) is 3.16. The van der Waals surface area contributed by atoms with Crippen LogP contribution in [0.15, 0.2) is 59.1 Å². The zero-order chi connectivity index (χ0) is 17.4. The molecule has 0 saturated carbocycles. The SMILES string of the molecule is COc1nn(C)cc1C1=C2N=CN(N)C=C2N(Cc2ccccc2)N1. The number of aryl methyl sites for hydroxylation is 1. The molecular weight excluding hydrogens is 318 g/mol. The molecule has 0 spiro atoms. The highest BCUT2D eigenvalue weighted by Crippen LogP contribution is 2.36. The van der Waals surface area contributed by atoms with Crippen molar-refractivity contribution in [3.8, 4) is 5.88 Å². The van der Waals surface area contributed by atoms with Crippen LogP contribution in [0.3, 0.4) is 0 Å². The number of aromatic nitrogens is 2. The van der Waals surface area contributed by atoms with E-state index in [1.54, 1.807) is 18.1 Å². The van der Waals surface area contributed by atoms with Crippen LogP contribution < -0.4 is 16.0 Å². The van der Waals surface area contributed by atoms with E-state index in [-0.39, 0.29) is 0 Å². The van der Waals surface area contributed by atoms with E-state index < -0.39 is 0 Å². The van der Waals surface area contributed by atoms with Crippen molar-refractivity contribution in [2.24, 2.45) is 17.9 Å². The molecule has 2 aliphatic rings. The number of ether oxygens (including phenoxy) is 1. The van der Waals surface area contributed by atoms with Gasteiger partial charge in [0.2, 0.25) is 5.88 Å². The van der Waals surface area contributed by atoms with E-state index in [0.717, 1.165) is 22.7 Å². The van der Waals surface area contributed by atoms with Crippen molar-refractivity contribution < 1.29 is 4.74 Å². The summed E-state index contributed by atoms with van der Waals surface area (Å²) in [5.41, 5.74) is 8.00. The third kappa shape index (κ3) is 2.72. The predicted octanol–water partition coefficient (Wildman–Crippen LogP) is 1.18. The Labute approximate surface area is 145 Å². The number of aliphatic imine (C=N–C) groups is 1. The number of rotatable bonds is 4. The molecule has 3 N–H and O–H groups in total. The Kier molecular flexibility index (Phi) is 3.66. The van der Waals surface area contributed by atoms with Gasteiger partial charge in [-0.25, -0.2) is 10.8 Å². The lowest BCUT2D eigenvalue weighted by molar-refractivity contribution is 0.302. The minimum Gasteiger partial charge on any atom is -0.479 e. The summed E-state index contributed by atoms with van der Waals surface area (Å²) in [4.78, 5) is 4.50. The summed E-state index contributed by atoms with van der Waals surface area (Å²) in [6, 6.07) is 10.2. The molecule has 3 heterocycles. The second kappa shape index (κ2) is 5.99. The summed E-state index contributed by atoms with van der Waals surface area (Å²) >= 11 is 0. The highest BCUT2D eigenvalue weighted by atomic mass is 16.5. The molecule has 0 fully saturated rings. The van der Waals surface area contributed by atoms with Gasteiger partial charge in [0.05, 0.1) is 24.9 Å². The third-order valence-electron chi connectivity index (χ3n) is 4.05. The van der Waals surface area contributed by atoms with Crippen LogP contribution in [0.5, 0.6) is 5.88 Å². The molecule has 2 aliphatic heterocycles. The lowest BCUT2D eigenvalue weighted by Crippen LogP contribution is -2.33. The lowest BCUT2D eigenvalue weighted by Gasteiger charge is -2.24. The second-order valence-electron chi connectivity index (χ2n) is 5.84. The van der Waals surface area contributed by atoms with Crippen LogP contribution in [0.25, 0.3) is 5.70 Å². The van der Waals surface area contributed by atoms with Gasteiger partial charge in [-0.3, -0.25) is 20.1 Å². The van der Waals surface area contributed by atoms with E-state index in [0.29, 0.717) is 12.4 Å². The zero-order valence-corrected chi connectivity index (χ0v) is 14.0. The molecule has 128 valence electrons. The second-order valence-corrected chi connectivity index (χ2v) is 5.84. The molecule has 0 radical (unpaired) electrons. The Morgan fingerprint density at radius 3 is 2.80 bits per heavy atom. The molecule has 8 heteroatoms. The van der Waals surface area contributed by atoms with E-state index in [1.165, 1.54) is 10.6 Å². The maximum atomic E-state index is 5.88. The van der Waals surface area contributed by atoms with Gasteiger partial charge >= 0.3 is 0 Å². The summed E-state index contributed by atoms with van der Waals surface area (Å²) < 4.78 is 7.12. The highest BCUT2D eigenvalue weighted by Gasteiger charge is 2.32. The minimum atomic E-state index is 0.545. The summed E-state index contributed by atoms with van der Waals surface area (Å²) in [5.74, 6) is 6.43. The van der Waals surface area contributed by atoms with Gasteiger partial charge in [0.1, 0.15) is 17.7 Å². The lowest BCUT2D eigenvalue weighted by atomic mass is 10.2. The maximum absolute atomic E-state index is 5.88. The van der Waals surface area contributed by atoms with Crippen LogP contribution in [0, 0.1) is 0 Å². The number of nitrogens with one attached hydrogen (secondary N) is 1. The Hall–Kier alpha value is -3.26. The third-order valence-corrected chi connectivity index (χ3v) is 4.05. The molecule has 8 nitrogen and oxygen atoms in total. The van der Waals surface area contributed by atoms with Crippen molar-refractivity contribution in [2.45, 2.75) is 6.54 Å². The van der Waals surface area contributed by atoms with Gasteiger partial charge in [-0.2, -0.15) is 0 Å². The van der Waals surface area contributed by atoms with Crippen molar-refractivity contribution in [1.29, 1.82) is 0 Å². The average molecular weight is 337 g/mol. The molecule has 2 aromatic rings. The first-order valence-corrected chi connectivity index (χ1v) is 7.85. The molecule has 0 unspecified atom stereocenters. The van der Waals surface area contributed by atoms with Crippen molar-refractivity contribution in [1.82, 2.24) is 25.2 Å². The van der Waals surface area contributed by atoms with E-state index in [9.17, 15) is 0 Å². The first-order valence-electron chi connectivity index (χ1n) is 7.85. The van der Waals surface area contributed by atoms with Crippen LogP contribution in [0.2, 0.25) is 0 Å². The molecule has 25 heavy (non-hydrogen) atoms. The Bertz CT molecular complexity index is 882. The van der Waals surface area contributed by atoms with Crippen molar-refractivity contribution in [3.63, 3.8) is 0 Å².